The molecule has 1 N–H and O–H groups in total. The molecule has 1 aromatic carbocycles. The van der Waals surface area contributed by atoms with Crippen LogP contribution in [0.4, 0.5) is 5.69 Å². The molecule has 1 atom stereocenters. The molecular weight excluding hydrogens is 291 g/mol. The van der Waals surface area contributed by atoms with Crippen molar-refractivity contribution in [3.05, 3.63) is 69.0 Å². The van der Waals surface area contributed by atoms with E-state index in [4.69, 9.17) is 11.6 Å². The van der Waals surface area contributed by atoms with Gasteiger partial charge in [-0.3, -0.25) is 15.1 Å². The van der Waals surface area contributed by atoms with Crippen molar-refractivity contribution in [3.63, 3.8) is 0 Å². The SMILES string of the molecule is Cl.O=[N+]([O-])c1cc(C(O)c2ccccn2)ccc1Cl. The highest BCUT2D eigenvalue weighted by molar-refractivity contribution is 6.32. The molecular formula is C12H10Cl2N2O3. The van der Waals surface area contributed by atoms with Crippen LogP contribution in [-0.4, -0.2) is 15.0 Å². The van der Waals surface area contributed by atoms with Crippen molar-refractivity contribution in [1.29, 1.82) is 0 Å². The fourth-order valence-corrected chi connectivity index (χ4v) is 1.73. The third kappa shape index (κ3) is 3.41. The molecule has 0 bridgehead atoms. The molecule has 2 rings (SSSR count). The highest BCUT2D eigenvalue weighted by atomic mass is 35.5. The largest absolute Gasteiger partial charge is 0.382 e. The number of rotatable bonds is 3. The maximum absolute atomic E-state index is 10.8. The fourth-order valence-electron chi connectivity index (χ4n) is 1.55. The van der Waals surface area contributed by atoms with E-state index in [-0.39, 0.29) is 23.1 Å². The maximum atomic E-state index is 10.8. The van der Waals surface area contributed by atoms with E-state index in [1.807, 2.05) is 0 Å². The maximum Gasteiger partial charge on any atom is 0.288 e. The van der Waals surface area contributed by atoms with E-state index < -0.39 is 11.0 Å². The van der Waals surface area contributed by atoms with Gasteiger partial charge in [0.25, 0.3) is 5.69 Å². The molecule has 5 nitrogen and oxygen atoms in total. The Hall–Kier alpha value is -1.69. The molecule has 0 radical (unpaired) electrons. The summed E-state index contributed by atoms with van der Waals surface area (Å²) in [4.78, 5) is 14.2. The summed E-state index contributed by atoms with van der Waals surface area (Å²) in [6.45, 7) is 0. The molecule has 1 aromatic heterocycles. The Balaban J connectivity index is 0.00000180. The third-order valence-corrected chi connectivity index (χ3v) is 2.77. The first-order valence-electron chi connectivity index (χ1n) is 5.12. The monoisotopic (exact) mass is 300 g/mol. The van der Waals surface area contributed by atoms with E-state index in [1.165, 1.54) is 18.2 Å². The van der Waals surface area contributed by atoms with Crippen LogP contribution in [0.15, 0.2) is 42.6 Å². The normalized spacial score (nSPS) is 11.5. The number of aliphatic hydroxyl groups excluding tert-OH is 1. The Morgan fingerprint density at radius 1 is 1.32 bits per heavy atom. The molecule has 2 aromatic rings. The van der Waals surface area contributed by atoms with E-state index in [9.17, 15) is 15.2 Å². The number of pyridine rings is 1. The average molecular weight is 301 g/mol. The van der Waals surface area contributed by atoms with Crippen molar-refractivity contribution in [3.8, 4) is 0 Å². The molecule has 1 unspecified atom stereocenters. The molecule has 0 spiro atoms. The second kappa shape index (κ2) is 6.47. The number of benzene rings is 1. The van der Waals surface area contributed by atoms with E-state index in [2.05, 4.69) is 4.98 Å². The number of nitrogens with zero attached hydrogens (tertiary/aromatic N) is 2. The van der Waals surface area contributed by atoms with Gasteiger partial charge in [-0.2, -0.15) is 0 Å². The number of nitro benzene ring substituents is 1. The molecule has 0 saturated heterocycles. The van der Waals surface area contributed by atoms with E-state index in [0.717, 1.165) is 0 Å². The smallest absolute Gasteiger partial charge is 0.288 e. The van der Waals surface area contributed by atoms with Crippen LogP contribution in [0.5, 0.6) is 0 Å². The molecule has 0 aliphatic rings. The lowest BCUT2D eigenvalue weighted by Crippen LogP contribution is -2.02. The van der Waals surface area contributed by atoms with Crippen LogP contribution in [0.25, 0.3) is 0 Å². The van der Waals surface area contributed by atoms with Crippen molar-refractivity contribution in [1.82, 2.24) is 4.98 Å². The molecule has 0 amide bonds. The number of aliphatic hydroxyl groups is 1. The summed E-state index contributed by atoms with van der Waals surface area (Å²) in [6.07, 6.45) is 0.533. The number of hydrogen-bond donors (Lipinski definition) is 1. The standard InChI is InChI=1S/C12H9ClN2O3.ClH/c13-9-5-4-8(7-11(9)15(17)18)12(16)10-3-1-2-6-14-10;/h1-7,12,16H;1H. The van der Waals surface area contributed by atoms with Crippen molar-refractivity contribution in [2.45, 2.75) is 6.10 Å². The summed E-state index contributed by atoms with van der Waals surface area (Å²) < 4.78 is 0. The lowest BCUT2D eigenvalue weighted by atomic mass is 10.1. The third-order valence-electron chi connectivity index (χ3n) is 2.45. The Bertz CT molecular complexity index is 578. The molecule has 0 aliphatic carbocycles. The topological polar surface area (TPSA) is 76.3 Å². The van der Waals surface area contributed by atoms with Gasteiger partial charge in [-0.15, -0.1) is 12.4 Å². The summed E-state index contributed by atoms with van der Waals surface area (Å²) in [5.74, 6) is 0. The summed E-state index contributed by atoms with van der Waals surface area (Å²) in [5, 5.41) is 20.9. The lowest BCUT2D eigenvalue weighted by Gasteiger charge is -2.10. The predicted octanol–water partition coefficient (Wildman–Crippen LogP) is 3.15. The van der Waals surface area contributed by atoms with E-state index in [0.29, 0.717) is 11.3 Å². The lowest BCUT2D eigenvalue weighted by molar-refractivity contribution is -0.384. The van der Waals surface area contributed by atoms with Crippen LogP contribution >= 0.6 is 24.0 Å². The van der Waals surface area contributed by atoms with E-state index in [1.54, 1.807) is 24.4 Å². The van der Waals surface area contributed by atoms with Crippen LogP contribution in [0.1, 0.15) is 17.4 Å². The van der Waals surface area contributed by atoms with Crippen molar-refractivity contribution in [2.24, 2.45) is 0 Å². The van der Waals surface area contributed by atoms with Gasteiger partial charge in [-0.05, 0) is 23.8 Å². The zero-order valence-corrected chi connectivity index (χ0v) is 11.1. The van der Waals surface area contributed by atoms with Gasteiger partial charge in [0, 0.05) is 12.3 Å². The highest BCUT2D eigenvalue weighted by Crippen LogP contribution is 2.29. The Morgan fingerprint density at radius 2 is 2.05 bits per heavy atom. The van der Waals surface area contributed by atoms with Crippen molar-refractivity contribution >= 4 is 29.7 Å². The number of aromatic nitrogens is 1. The van der Waals surface area contributed by atoms with Gasteiger partial charge in [-0.25, -0.2) is 0 Å². The van der Waals surface area contributed by atoms with Crippen molar-refractivity contribution in [2.75, 3.05) is 0 Å². The first-order valence-corrected chi connectivity index (χ1v) is 5.50. The molecule has 100 valence electrons. The van der Waals surface area contributed by atoms with E-state index >= 15 is 0 Å². The summed E-state index contributed by atoms with van der Waals surface area (Å²) in [6, 6.07) is 9.28. The summed E-state index contributed by atoms with van der Waals surface area (Å²) in [7, 11) is 0. The molecule has 0 saturated carbocycles. The summed E-state index contributed by atoms with van der Waals surface area (Å²) >= 11 is 5.70. The van der Waals surface area contributed by atoms with Crippen LogP contribution in [0.2, 0.25) is 5.02 Å². The molecule has 7 heteroatoms. The van der Waals surface area contributed by atoms with Crippen LogP contribution < -0.4 is 0 Å². The molecule has 19 heavy (non-hydrogen) atoms. The minimum atomic E-state index is -1.01. The zero-order valence-electron chi connectivity index (χ0n) is 9.56. The Kier molecular flexibility index (Phi) is 5.23. The number of hydrogen-bond acceptors (Lipinski definition) is 4. The second-order valence-electron chi connectivity index (χ2n) is 3.63. The minimum Gasteiger partial charge on any atom is -0.382 e. The van der Waals surface area contributed by atoms with Gasteiger partial charge in [-0.1, -0.05) is 23.7 Å². The number of halogens is 2. The van der Waals surface area contributed by atoms with Crippen LogP contribution in [-0.2, 0) is 0 Å². The van der Waals surface area contributed by atoms with Crippen molar-refractivity contribution < 1.29 is 10.0 Å². The first-order chi connectivity index (χ1) is 8.59. The second-order valence-corrected chi connectivity index (χ2v) is 4.03. The quantitative estimate of drug-likeness (QED) is 0.698. The average Bonchev–Trinajstić information content (AvgIpc) is 2.39. The van der Waals surface area contributed by atoms with Gasteiger partial charge in [0.15, 0.2) is 0 Å². The Morgan fingerprint density at radius 3 is 2.63 bits per heavy atom. The first kappa shape index (κ1) is 15.4. The minimum absolute atomic E-state index is 0. The predicted molar refractivity (Wildman–Crippen MR) is 73.7 cm³/mol. The van der Waals surface area contributed by atoms with Gasteiger partial charge >= 0.3 is 0 Å². The highest BCUT2D eigenvalue weighted by Gasteiger charge is 2.18. The van der Waals surface area contributed by atoms with Gasteiger partial charge in [0.2, 0.25) is 0 Å². The zero-order chi connectivity index (χ0) is 13.1. The van der Waals surface area contributed by atoms with Gasteiger partial charge < -0.3 is 5.11 Å². The van der Waals surface area contributed by atoms with Gasteiger partial charge in [0.1, 0.15) is 11.1 Å². The van der Waals surface area contributed by atoms with Gasteiger partial charge in [0.05, 0.1) is 10.6 Å². The van der Waals surface area contributed by atoms with Crippen LogP contribution in [0, 0.1) is 10.1 Å². The number of nitro groups is 1. The molecule has 0 aliphatic heterocycles. The Labute approximate surface area is 120 Å². The summed E-state index contributed by atoms with van der Waals surface area (Å²) in [5.41, 5.74) is 0.572. The van der Waals surface area contributed by atoms with Crippen LogP contribution in [0.3, 0.4) is 0 Å². The molecule has 1 heterocycles. The fraction of sp³-hybridized carbons (Fsp3) is 0.0833. The molecule has 0 fully saturated rings.